The summed E-state index contributed by atoms with van der Waals surface area (Å²) in [6.07, 6.45) is -2.91. The maximum absolute atomic E-state index is 11.7. The molecule has 0 spiro atoms. The highest BCUT2D eigenvalue weighted by Crippen LogP contribution is 2.17. The molecule has 0 saturated heterocycles. The lowest BCUT2D eigenvalue weighted by Gasteiger charge is -2.19. The Morgan fingerprint density at radius 1 is 1.20 bits per heavy atom. The van der Waals surface area contributed by atoms with Crippen LogP contribution < -0.4 is 0 Å². The summed E-state index contributed by atoms with van der Waals surface area (Å²) in [4.78, 5) is 0. The number of halogens is 3. The molecular formula is C10H19F3O2. The number of aliphatic hydroxyl groups excluding tert-OH is 1. The number of aliphatic hydroxyl groups is 1. The SMILES string of the molecule is CCC(CC)C(O)CCOCC(F)(F)F. The average molecular weight is 228 g/mol. The quantitative estimate of drug-likeness (QED) is 0.679. The maximum atomic E-state index is 11.7. The molecule has 0 fully saturated rings. The number of rotatable bonds is 7. The summed E-state index contributed by atoms with van der Waals surface area (Å²) in [7, 11) is 0. The predicted octanol–water partition coefficient (Wildman–Crippen LogP) is 2.75. The predicted molar refractivity (Wildman–Crippen MR) is 51.6 cm³/mol. The molecule has 0 amide bonds. The second-order valence-corrected chi connectivity index (χ2v) is 3.60. The summed E-state index contributed by atoms with van der Waals surface area (Å²) in [6, 6.07) is 0. The first kappa shape index (κ1) is 14.7. The van der Waals surface area contributed by atoms with E-state index >= 15 is 0 Å². The van der Waals surface area contributed by atoms with Gasteiger partial charge in [0, 0.05) is 6.61 Å². The summed E-state index contributed by atoms with van der Waals surface area (Å²) in [5, 5.41) is 9.58. The Morgan fingerprint density at radius 3 is 2.13 bits per heavy atom. The van der Waals surface area contributed by atoms with Crippen molar-refractivity contribution in [2.45, 2.75) is 45.4 Å². The fourth-order valence-electron chi connectivity index (χ4n) is 1.46. The van der Waals surface area contributed by atoms with Gasteiger partial charge in [-0.2, -0.15) is 13.2 Å². The molecule has 0 rings (SSSR count). The minimum Gasteiger partial charge on any atom is -0.393 e. The van der Waals surface area contributed by atoms with Gasteiger partial charge >= 0.3 is 6.18 Å². The summed E-state index contributed by atoms with van der Waals surface area (Å²) >= 11 is 0. The van der Waals surface area contributed by atoms with E-state index in [2.05, 4.69) is 4.74 Å². The molecule has 0 aromatic carbocycles. The minimum absolute atomic E-state index is 0.0445. The van der Waals surface area contributed by atoms with Gasteiger partial charge < -0.3 is 9.84 Å². The molecule has 15 heavy (non-hydrogen) atoms. The van der Waals surface area contributed by atoms with Crippen molar-refractivity contribution in [1.82, 2.24) is 0 Å². The van der Waals surface area contributed by atoms with Crippen LogP contribution in [-0.2, 0) is 4.74 Å². The standard InChI is InChI=1S/C10H19F3O2/c1-3-8(4-2)9(14)5-6-15-7-10(11,12)13/h8-9,14H,3-7H2,1-2H3. The lowest BCUT2D eigenvalue weighted by molar-refractivity contribution is -0.175. The molecule has 1 atom stereocenters. The molecule has 1 unspecified atom stereocenters. The molecule has 5 heteroatoms. The molecule has 2 nitrogen and oxygen atoms in total. The Labute approximate surface area is 88.4 Å². The zero-order valence-electron chi connectivity index (χ0n) is 9.18. The first-order valence-corrected chi connectivity index (χ1v) is 5.23. The summed E-state index contributed by atoms with van der Waals surface area (Å²) < 4.78 is 39.5. The monoisotopic (exact) mass is 228 g/mol. The Hall–Kier alpha value is -0.290. The van der Waals surface area contributed by atoms with Crippen molar-refractivity contribution in [3.8, 4) is 0 Å². The molecule has 0 aliphatic rings. The second kappa shape index (κ2) is 7.06. The van der Waals surface area contributed by atoms with Crippen LogP contribution in [0.3, 0.4) is 0 Å². The molecule has 0 aliphatic heterocycles. The van der Waals surface area contributed by atoms with Gasteiger partial charge in [0.1, 0.15) is 6.61 Å². The highest BCUT2D eigenvalue weighted by Gasteiger charge is 2.27. The van der Waals surface area contributed by atoms with Gasteiger partial charge in [-0.1, -0.05) is 26.7 Å². The molecule has 1 N–H and O–H groups in total. The first-order valence-electron chi connectivity index (χ1n) is 5.23. The van der Waals surface area contributed by atoms with E-state index in [4.69, 9.17) is 0 Å². The van der Waals surface area contributed by atoms with Gasteiger partial charge in [-0.25, -0.2) is 0 Å². The van der Waals surface area contributed by atoms with Crippen molar-refractivity contribution in [2.75, 3.05) is 13.2 Å². The summed E-state index contributed by atoms with van der Waals surface area (Å²) in [6.45, 7) is 2.63. The molecule has 0 aromatic rings. The smallest absolute Gasteiger partial charge is 0.393 e. The van der Waals surface area contributed by atoms with Crippen LogP contribution in [0, 0.1) is 5.92 Å². The largest absolute Gasteiger partial charge is 0.411 e. The van der Waals surface area contributed by atoms with E-state index in [1.165, 1.54) is 0 Å². The second-order valence-electron chi connectivity index (χ2n) is 3.60. The lowest BCUT2D eigenvalue weighted by Crippen LogP contribution is -2.23. The molecule has 0 bridgehead atoms. The van der Waals surface area contributed by atoms with E-state index in [0.717, 1.165) is 12.8 Å². The number of alkyl halides is 3. The van der Waals surface area contributed by atoms with Gasteiger partial charge in [0.05, 0.1) is 6.10 Å². The molecular weight excluding hydrogens is 209 g/mol. The van der Waals surface area contributed by atoms with E-state index in [0.29, 0.717) is 0 Å². The highest BCUT2D eigenvalue weighted by atomic mass is 19.4. The van der Waals surface area contributed by atoms with E-state index in [1.54, 1.807) is 0 Å². The van der Waals surface area contributed by atoms with Crippen molar-refractivity contribution >= 4 is 0 Å². The Morgan fingerprint density at radius 2 is 1.73 bits per heavy atom. The van der Waals surface area contributed by atoms with Crippen molar-refractivity contribution in [1.29, 1.82) is 0 Å². The fraction of sp³-hybridized carbons (Fsp3) is 1.00. The van der Waals surface area contributed by atoms with Crippen molar-refractivity contribution < 1.29 is 23.0 Å². The summed E-state index contributed by atoms with van der Waals surface area (Å²) in [5.74, 6) is 0.152. The van der Waals surface area contributed by atoms with E-state index in [-0.39, 0.29) is 18.9 Å². The number of ether oxygens (including phenoxy) is 1. The maximum Gasteiger partial charge on any atom is 0.411 e. The molecule has 0 radical (unpaired) electrons. The fourth-order valence-corrected chi connectivity index (χ4v) is 1.46. The molecule has 0 aliphatic carbocycles. The van der Waals surface area contributed by atoms with E-state index < -0.39 is 18.9 Å². The van der Waals surface area contributed by atoms with Crippen LogP contribution in [-0.4, -0.2) is 30.6 Å². The van der Waals surface area contributed by atoms with E-state index in [1.807, 2.05) is 13.8 Å². The molecule has 0 aromatic heterocycles. The number of hydrogen-bond donors (Lipinski definition) is 1. The third kappa shape index (κ3) is 7.62. The van der Waals surface area contributed by atoms with Crippen LogP contribution >= 0.6 is 0 Å². The van der Waals surface area contributed by atoms with Gasteiger partial charge in [0.2, 0.25) is 0 Å². The lowest BCUT2D eigenvalue weighted by atomic mass is 9.95. The van der Waals surface area contributed by atoms with Crippen LogP contribution in [0.2, 0.25) is 0 Å². The molecule has 0 heterocycles. The topological polar surface area (TPSA) is 29.5 Å². The van der Waals surface area contributed by atoms with Crippen LogP contribution in [0.1, 0.15) is 33.1 Å². The van der Waals surface area contributed by atoms with Crippen molar-refractivity contribution in [2.24, 2.45) is 5.92 Å². The third-order valence-corrected chi connectivity index (χ3v) is 2.42. The zero-order valence-corrected chi connectivity index (χ0v) is 9.18. The normalized spacial score (nSPS) is 14.6. The van der Waals surface area contributed by atoms with Crippen molar-refractivity contribution in [3.63, 3.8) is 0 Å². The Bertz CT molecular complexity index is 155. The van der Waals surface area contributed by atoms with Crippen LogP contribution in [0.25, 0.3) is 0 Å². The third-order valence-electron chi connectivity index (χ3n) is 2.42. The molecule has 0 saturated carbocycles. The summed E-state index contributed by atoms with van der Waals surface area (Å²) in [5.41, 5.74) is 0. The van der Waals surface area contributed by atoms with Gasteiger partial charge in [-0.3, -0.25) is 0 Å². The van der Waals surface area contributed by atoms with Crippen LogP contribution in [0.15, 0.2) is 0 Å². The first-order chi connectivity index (χ1) is 6.90. The van der Waals surface area contributed by atoms with Crippen LogP contribution in [0.5, 0.6) is 0 Å². The van der Waals surface area contributed by atoms with Crippen molar-refractivity contribution in [3.05, 3.63) is 0 Å². The Kier molecular flexibility index (Phi) is 6.92. The van der Waals surface area contributed by atoms with E-state index in [9.17, 15) is 18.3 Å². The van der Waals surface area contributed by atoms with Crippen LogP contribution in [0.4, 0.5) is 13.2 Å². The van der Waals surface area contributed by atoms with Gasteiger partial charge in [-0.15, -0.1) is 0 Å². The van der Waals surface area contributed by atoms with Gasteiger partial charge in [0.15, 0.2) is 0 Å². The van der Waals surface area contributed by atoms with Gasteiger partial charge in [-0.05, 0) is 12.3 Å². The molecule has 92 valence electrons. The average Bonchev–Trinajstić information content (AvgIpc) is 2.13. The highest BCUT2D eigenvalue weighted by molar-refractivity contribution is 4.65. The minimum atomic E-state index is -4.28. The number of hydrogen-bond acceptors (Lipinski definition) is 2. The van der Waals surface area contributed by atoms with Gasteiger partial charge in [0.25, 0.3) is 0 Å². The zero-order chi connectivity index (χ0) is 11.9. The Balaban J connectivity index is 3.58.